The molecule has 0 saturated heterocycles. The van der Waals surface area contributed by atoms with Crippen molar-refractivity contribution in [2.24, 2.45) is 0 Å². The third-order valence-electron chi connectivity index (χ3n) is 2.94. The Morgan fingerprint density at radius 1 is 1.31 bits per heavy atom. The van der Waals surface area contributed by atoms with E-state index in [0.717, 1.165) is 6.54 Å². The van der Waals surface area contributed by atoms with Crippen molar-refractivity contribution < 1.29 is 0 Å². The molecular formula is C14H23NS. The molecular weight excluding hydrogens is 214 g/mol. The molecule has 0 fully saturated rings. The number of hydrogen-bond donors (Lipinski definition) is 1. The van der Waals surface area contributed by atoms with E-state index in [0.29, 0.717) is 6.04 Å². The molecule has 0 heterocycles. The van der Waals surface area contributed by atoms with Crippen LogP contribution in [0.4, 0.5) is 0 Å². The molecule has 0 aliphatic carbocycles. The molecule has 16 heavy (non-hydrogen) atoms. The van der Waals surface area contributed by atoms with Gasteiger partial charge in [0.25, 0.3) is 0 Å². The van der Waals surface area contributed by atoms with Gasteiger partial charge in [-0.2, -0.15) is 11.8 Å². The highest BCUT2D eigenvalue weighted by Crippen LogP contribution is 2.11. The van der Waals surface area contributed by atoms with Crippen molar-refractivity contribution in [3.05, 3.63) is 34.9 Å². The predicted molar refractivity (Wildman–Crippen MR) is 75.2 cm³/mol. The van der Waals surface area contributed by atoms with E-state index in [9.17, 15) is 0 Å². The molecule has 2 heteroatoms. The van der Waals surface area contributed by atoms with Crippen molar-refractivity contribution in [1.82, 2.24) is 5.32 Å². The fraction of sp³-hybridized carbons (Fsp3) is 0.571. The molecule has 0 aromatic heterocycles. The highest BCUT2D eigenvalue weighted by molar-refractivity contribution is 7.98. The Kier molecular flexibility index (Phi) is 5.93. The molecule has 1 aromatic rings. The summed E-state index contributed by atoms with van der Waals surface area (Å²) in [5, 5.41) is 3.63. The van der Waals surface area contributed by atoms with E-state index < -0.39 is 0 Å². The minimum atomic E-state index is 0.635. The summed E-state index contributed by atoms with van der Waals surface area (Å²) >= 11 is 1.91. The average Bonchev–Trinajstić information content (AvgIpc) is 2.26. The quantitative estimate of drug-likeness (QED) is 0.812. The second-order valence-electron chi connectivity index (χ2n) is 4.37. The van der Waals surface area contributed by atoms with E-state index in [1.165, 1.54) is 28.9 Å². The molecule has 0 saturated carbocycles. The van der Waals surface area contributed by atoms with E-state index in [2.05, 4.69) is 50.5 Å². The Labute approximate surface area is 104 Å². The summed E-state index contributed by atoms with van der Waals surface area (Å²) in [7, 11) is 0. The Morgan fingerprint density at radius 3 is 2.62 bits per heavy atom. The number of rotatable bonds is 6. The van der Waals surface area contributed by atoms with Crippen LogP contribution in [0.15, 0.2) is 18.2 Å². The average molecular weight is 237 g/mol. The van der Waals surface area contributed by atoms with E-state index in [1.54, 1.807) is 0 Å². The Bertz CT molecular complexity index is 323. The van der Waals surface area contributed by atoms with Gasteiger partial charge in [0.05, 0.1) is 0 Å². The third kappa shape index (κ3) is 4.18. The van der Waals surface area contributed by atoms with Gasteiger partial charge < -0.3 is 5.32 Å². The van der Waals surface area contributed by atoms with E-state index >= 15 is 0 Å². The van der Waals surface area contributed by atoms with Crippen LogP contribution in [0, 0.1) is 13.8 Å². The van der Waals surface area contributed by atoms with Gasteiger partial charge in [-0.25, -0.2) is 0 Å². The summed E-state index contributed by atoms with van der Waals surface area (Å²) in [6, 6.07) is 7.32. The number of thioether (sulfide) groups is 1. The Morgan fingerprint density at radius 2 is 2.06 bits per heavy atom. The summed E-state index contributed by atoms with van der Waals surface area (Å²) in [5.74, 6) is 1.20. The maximum atomic E-state index is 3.63. The zero-order valence-electron chi connectivity index (χ0n) is 10.8. The minimum absolute atomic E-state index is 0.635. The SMILES string of the molecule is CCC(CSC)NCc1ccc(C)cc1C. The summed E-state index contributed by atoms with van der Waals surface area (Å²) in [6.07, 6.45) is 3.37. The zero-order valence-corrected chi connectivity index (χ0v) is 11.7. The Hall–Kier alpha value is -0.470. The number of aryl methyl sites for hydroxylation is 2. The molecule has 1 unspecified atom stereocenters. The third-order valence-corrected chi connectivity index (χ3v) is 3.68. The highest BCUT2D eigenvalue weighted by Gasteiger charge is 2.05. The van der Waals surface area contributed by atoms with Gasteiger partial charge in [-0.3, -0.25) is 0 Å². The summed E-state index contributed by atoms with van der Waals surface area (Å²) in [4.78, 5) is 0. The van der Waals surface area contributed by atoms with Crippen LogP contribution >= 0.6 is 11.8 Å². The molecule has 0 spiro atoms. The van der Waals surface area contributed by atoms with E-state index in [-0.39, 0.29) is 0 Å². The smallest absolute Gasteiger partial charge is 0.0211 e. The van der Waals surface area contributed by atoms with Crippen molar-refractivity contribution in [3.63, 3.8) is 0 Å². The molecule has 90 valence electrons. The van der Waals surface area contributed by atoms with Crippen molar-refractivity contribution in [1.29, 1.82) is 0 Å². The Balaban J connectivity index is 2.53. The number of nitrogens with one attached hydrogen (secondary N) is 1. The van der Waals surface area contributed by atoms with Crippen molar-refractivity contribution >= 4 is 11.8 Å². The van der Waals surface area contributed by atoms with Gasteiger partial charge in [-0.15, -0.1) is 0 Å². The lowest BCUT2D eigenvalue weighted by atomic mass is 10.1. The van der Waals surface area contributed by atoms with Gasteiger partial charge >= 0.3 is 0 Å². The topological polar surface area (TPSA) is 12.0 Å². The molecule has 1 rings (SSSR count). The van der Waals surface area contributed by atoms with Crippen LogP contribution in [-0.4, -0.2) is 18.1 Å². The van der Waals surface area contributed by atoms with Crippen LogP contribution in [0.3, 0.4) is 0 Å². The van der Waals surface area contributed by atoms with Gasteiger partial charge in [-0.05, 0) is 37.7 Å². The lowest BCUT2D eigenvalue weighted by Crippen LogP contribution is -2.30. The maximum Gasteiger partial charge on any atom is 0.0211 e. The van der Waals surface area contributed by atoms with Gasteiger partial charge in [-0.1, -0.05) is 30.7 Å². The van der Waals surface area contributed by atoms with Crippen LogP contribution in [-0.2, 0) is 6.54 Å². The summed E-state index contributed by atoms with van der Waals surface area (Å²) in [6.45, 7) is 7.58. The second-order valence-corrected chi connectivity index (χ2v) is 5.28. The molecule has 0 bridgehead atoms. The molecule has 0 aliphatic heterocycles. The van der Waals surface area contributed by atoms with E-state index in [4.69, 9.17) is 0 Å². The largest absolute Gasteiger partial charge is 0.309 e. The number of hydrogen-bond acceptors (Lipinski definition) is 2. The normalized spacial score (nSPS) is 12.8. The van der Waals surface area contributed by atoms with Crippen molar-refractivity contribution in [2.75, 3.05) is 12.0 Å². The zero-order chi connectivity index (χ0) is 12.0. The fourth-order valence-electron chi connectivity index (χ4n) is 1.82. The van der Waals surface area contributed by atoms with Gasteiger partial charge in [0, 0.05) is 18.3 Å². The van der Waals surface area contributed by atoms with Crippen LogP contribution in [0.1, 0.15) is 30.0 Å². The second kappa shape index (κ2) is 6.97. The standard InChI is InChI=1S/C14H23NS/c1-5-14(10-16-4)15-9-13-7-6-11(2)8-12(13)3/h6-8,14-15H,5,9-10H2,1-4H3. The van der Waals surface area contributed by atoms with Crippen LogP contribution in [0.25, 0.3) is 0 Å². The lowest BCUT2D eigenvalue weighted by molar-refractivity contribution is 0.540. The minimum Gasteiger partial charge on any atom is -0.309 e. The first-order valence-corrected chi connectivity index (χ1v) is 7.35. The van der Waals surface area contributed by atoms with Gasteiger partial charge in [0.1, 0.15) is 0 Å². The first-order valence-electron chi connectivity index (χ1n) is 5.95. The maximum absolute atomic E-state index is 3.63. The molecule has 1 nitrogen and oxygen atoms in total. The van der Waals surface area contributed by atoms with Crippen LogP contribution in [0.5, 0.6) is 0 Å². The van der Waals surface area contributed by atoms with Crippen LogP contribution < -0.4 is 5.32 Å². The molecule has 0 radical (unpaired) electrons. The highest BCUT2D eigenvalue weighted by atomic mass is 32.2. The van der Waals surface area contributed by atoms with Gasteiger partial charge in [0.15, 0.2) is 0 Å². The summed E-state index contributed by atoms with van der Waals surface area (Å²) in [5.41, 5.74) is 4.16. The van der Waals surface area contributed by atoms with Crippen molar-refractivity contribution in [3.8, 4) is 0 Å². The lowest BCUT2D eigenvalue weighted by Gasteiger charge is -2.16. The van der Waals surface area contributed by atoms with E-state index in [1.807, 2.05) is 11.8 Å². The molecule has 0 amide bonds. The molecule has 1 aromatic carbocycles. The first kappa shape index (κ1) is 13.6. The molecule has 1 atom stereocenters. The van der Waals surface area contributed by atoms with Crippen molar-refractivity contribution in [2.45, 2.75) is 39.8 Å². The molecule has 1 N–H and O–H groups in total. The predicted octanol–water partition coefficient (Wildman–Crippen LogP) is 3.53. The van der Waals surface area contributed by atoms with Gasteiger partial charge in [0.2, 0.25) is 0 Å². The monoisotopic (exact) mass is 237 g/mol. The first-order chi connectivity index (χ1) is 7.67. The molecule has 0 aliphatic rings. The fourth-order valence-corrected chi connectivity index (χ4v) is 2.58. The number of benzene rings is 1. The summed E-state index contributed by atoms with van der Waals surface area (Å²) < 4.78 is 0. The van der Waals surface area contributed by atoms with Crippen LogP contribution in [0.2, 0.25) is 0 Å².